The third kappa shape index (κ3) is 5.08. The van der Waals surface area contributed by atoms with E-state index in [1.165, 1.54) is 0 Å². The normalized spacial score (nSPS) is 44.7. The summed E-state index contributed by atoms with van der Waals surface area (Å²) in [4.78, 5) is 12.2. The molecule has 0 aromatic rings. The molecule has 0 aromatic heterocycles. The summed E-state index contributed by atoms with van der Waals surface area (Å²) in [7, 11) is -4.11. The van der Waals surface area contributed by atoms with Crippen LogP contribution in [0.1, 0.15) is 78.6 Å². The Labute approximate surface area is 213 Å². The van der Waals surface area contributed by atoms with E-state index in [4.69, 9.17) is 4.55 Å². The molecular formula is C26H43F2NO6S. The summed E-state index contributed by atoms with van der Waals surface area (Å²) in [5, 5.41) is 23.9. The monoisotopic (exact) mass is 535 g/mol. The van der Waals surface area contributed by atoms with Gasteiger partial charge in [-0.15, -0.1) is 0 Å². The lowest BCUT2D eigenvalue weighted by Crippen LogP contribution is -2.62. The van der Waals surface area contributed by atoms with Crippen molar-refractivity contribution < 1.29 is 36.8 Å². The first-order valence-corrected chi connectivity index (χ1v) is 15.2. The van der Waals surface area contributed by atoms with Crippen LogP contribution in [0.5, 0.6) is 0 Å². The lowest BCUT2D eigenvalue weighted by atomic mass is 9.43. The van der Waals surface area contributed by atoms with Gasteiger partial charge < -0.3 is 15.5 Å². The van der Waals surface area contributed by atoms with Crippen LogP contribution in [0.25, 0.3) is 0 Å². The van der Waals surface area contributed by atoms with Crippen molar-refractivity contribution in [2.45, 2.75) is 96.7 Å². The van der Waals surface area contributed by atoms with Crippen molar-refractivity contribution in [2.75, 3.05) is 12.3 Å². The van der Waals surface area contributed by atoms with E-state index in [2.05, 4.69) is 19.2 Å². The van der Waals surface area contributed by atoms with E-state index >= 15 is 0 Å². The van der Waals surface area contributed by atoms with Crippen LogP contribution in [0.4, 0.5) is 8.78 Å². The van der Waals surface area contributed by atoms with Gasteiger partial charge in [-0.05, 0) is 91.3 Å². The van der Waals surface area contributed by atoms with E-state index < -0.39 is 39.4 Å². The molecule has 7 nitrogen and oxygen atoms in total. The maximum Gasteiger partial charge on any atom is 0.274 e. The molecule has 1 amide bonds. The molecule has 0 spiro atoms. The molecule has 4 aliphatic carbocycles. The number of carbonyl (C=O) groups is 1. The molecule has 4 fully saturated rings. The molecule has 4 rings (SSSR count). The fourth-order valence-corrected chi connectivity index (χ4v) is 9.53. The Bertz CT molecular complexity index is 947. The van der Waals surface area contributed by atoms with Gasteiger partial charge in [-0.25, -0.2) is 8.78 Å². The molecule has 0 radical (unpaired) electrons. The van der Waals surface area contributed by atoms with Gasteiger partial charge in [-0.3, -0.25) is 9.35 Å². The second-order valence-electron chi connectivity index (χ2n) is 12.9. The van der Waals surface area contributed by atoms with E-state index in [0.29, 0.717) is 18.8 Å². The highest BCUT2D eigenvalue weighted by atomic mass is 32.2. The molecule has 4 N–H and O–H groups in total. The zero-order chi connectivity index (χ0) is 26.7. The van der Waals surface area contributed by atoms with Crippen molar-refractivity contribution >= 4 is 16.0 Å². The molecule has 4 unspecified atom stereocenters. The SMILES string of the molecule is C[C@H](CCC(=O)NCCS(=O)(=O)O)[C@H]1CCC2C3C(O)C[C@@H]4C[C@@H](O)C(F)(F)C[C@]4(C)C3CC[C@@]21C. The first-order valence-electron chi connectivity index (χ1n) is 13.5. The summed E-state index contributed by atoms with van der Waals surface area (Å²) >= 11 is 0. The largest absolute Gasteiger partial charge is 0.393 e. The summed E-state index contributed by atoms with van der Waals surface area (Å²) in [6.45, 7) is 6.29. The molecule has 0 heterocycles. The Morgan fingerprint density at radius 2 is 1.75 bits per heavy atom. The Morgan fingerprint density at radius 1 is 1.08 bits per heavy atom. The van der Waals surface area contributed by atoms with Crippen LogP contribution >= 0.6 is 0 Å². The zero-order valence-electron chi connectivity index (χ0n) is 21.6. The average molecular weight is 536 g/mol. The number of hydrogen-bond acceptors (Lipinski definition) is 5. The Balaban J connectivity index is 1.42. The van der Waals surface area contributed by atoms with E-state index in [1.807, 2.05) is 6.92 Å². The van der Waals surface area contributed by atoms with Gasteiger partial charge in [0.2, 0.25) is 5.91 Å². The smallest absolute Gasteiger partial charge is 0.274 e. The van der Waals surface area contributed by atoms with Crippen molar-refractivity contribution in [1.82, 2.24) is 5.32 Å². The minimum absolute atomic E-state index is 0.0167. The van der Waals surface area contributed by atoms with Crippen LogP contribution in [0.2, 0.25) is 0 Å². The van der Waals surface area contributed by atoms with Gasteiger partial charge in [0.05, 0.1) is 11.9 Å². The summed E-state index contributed by atoms with van der Waals surface area (Å²) in [6.07, 6.45) is 2.62. The number of hydrogen-bond donors (Lipinski definition) is 4. The minimum atomic E-state index is -4.11. The summed E-state index contributed by atoms with van der Waals surface area (Å²) in [5.74, 6) is -3.06. The predicted molar refractivity (Wildman–Crippen MR) is 131 cm³/mol. The maximum atomic E-state index is 14.7. The van der Waals surface area contributed by atoms with Gasteiger partial charge in [0.25, 0.3) is 16.0 Å². The molecule has 10 atom stereocenters. The third-order valence-electron chi connectivity index (χ3n) is 11.0. The number of halogens is 2. The molecule has 0 aromatic carbocycles. The summed E-state index contributed by atoms with van der Waals surface area (Å²) in [5.41, 5.74) is -0.610. The zero-order valence-corrected chi connectivity index (χ0v) is 22.4. The Kier molecular flexibility index (Phi) is 7.61. The van der Waals surface area contributed by atoms with Crippen molar-refractivity contribution in [3.05, 3.63) is 0 Å². The van der Waals surface area contributed by atoms with Crippen LogP contribution in [0, 0.1) is 46.3 Å². The van der Waals surface area contributed by atoms with E-state index in [0.717, 1.165) is 25.7 Å². The van der Waals surface area contributed by atoms with Gasteiger partial charge >= 0.3 is 0 Å². The maximum absolute atomic E-state index is 14.7. The minimum Gasteiger partial charge on any atom is -0.393 e. The molecule has 4 aliphatic rings. The topological polar surface area (TPSA) is 124 Å². The highest BCUT2D eigenvalue weighted by Gasteiger charge is 2.66. The first kappa shape index (κ1) is 28.2. The number of aliphatic hydroxyl groups is 2. The van der Waals surface area contributed by atoms with Crippen LogP contribution in [0.3, 0.4) is 0 Å². The number of alkyl halides is 2. The van der Waals surface area contributed by atoms with Gasteiger partial charge in [-0.2, -0.15) is 8.42 Å². The first-order chi connectivity index (χ1) is 16.6. The van der Waals surface area contributed by atoms with Gasteiger partial charge in [0.15, 0.2) is 0 Å². The fraction of sp³-hybridized carbons (Fsp3) is 0.962. The fourth-order valence-electron chi connectivity index (χ4n) is 9.17. The molecule has 36 heavy (non-hydrogen) atoms. The van der Waals surface area contributed by atoms with Gasteiger partial charge in [-0.1, -0.05) is 20.8 Å². The van der Waals surface area contributed by atoms with Crippen molar-refractivity contribution in [3.63, 3.8) is 0 Å². The van der Waals surface area contributed by atoms with E-state index in [9.17, 15) is 32.2 Å². The number of amides is 1. The number of carbonyl (C=O) groups excluding carboxylic acids is 1. The summed E-state index contributed by atoms with van der Waals surface area (Å²) < 4.78 is 59.8. The van der Waals surface area contributed by atoms with Crippen molar-refractivity contribution in [1.29, 1.82) is 0 Å². The lowest BCUT2D eigenvalue weighted by Gasteiger charge is -2.63. The second kappa shape index (κ2) is 9.72. The standard InChI is InChI=1S/C26H43F2NO6S/c1-15(4-7-22(32)29-10-11-36(33,34)35)17-5-6-18-23-19(8-9-24(17,18)2)25(3)14-26(27,28)21(31)13-16(25)12-20(23)30/h15-21,23,30-31H,4-14H2,1-3H3,(H,29,32)(H,33,34,35)/t15-,16-,17-,18?,19?,20?,21-,23?,24-,25+/m1/s1. The van der Waals surface area contributed by atoms with Crippen LogP contribution in [-0.2, 0) is 14.9 Å². The molecule has 10 heteroatoms. The molecule has 208 valence electrons. The van der Waals surface area contributed by atoms with Gasteiger partial charge in [0, 0.05) is 19.4 Å². The number of nitrogens with one attached hydrogen (secondary N) is 1. The van der Waals surface area contributed by atoms with Crippen molar-refractivity contribution in [2.24, 2.45) is 46.3 Å². The molecule has 4 saturated carbocycles. The number of rotatable bonds is 7. The van der Waals surface area contributed by atoms with Gasteiger partial charge in [0.1, 0.15) is 6.10 Å². The summed E-state index contributed by atoms with van der Waals surface area (Å²) in [6, 6.07) is 0. The highest BCUT2D eigenvalue weighted by molar-refractivity contribution is 7.85. The average Bonchev–Trinajstić information content (AvgIpc) is 3.10. The third-order valence-corrected chi connectivity index (χ3v) is 11.7. The number of fused-ring (bicyclic) bond motifs is 5. The van der Waals surface area contributed by atoms with Crippen molar-refractivity contribution in [3.8, 4) is 0 Å². The predicted octanol–water partition coefficient (Wildman–Crippen LogP) is 3.64. The van der Waals surface area contributed by atoms with E-state index in [-0.39, 0.29) is 66.7 Å². The number of aliphatic hydroxyl groups excluding tert-OH is 2. The molecular weight excluding hydrogens is 492 g/mol. The highest BCUT2D eigenvalue weighted by Crippen LogP contribution is 2.69. The molecule has 0 bridgehead atoms. The van der Waals surface area contributed by atoms with Crippen LogP contribution in [0.15, 0.2) is 0 Å². The Morgan fingerprint density at radius 3 is 2.42 bits per heavy atom. The lowest BCUT2D eigenvalue weighted by molar-refractivity contribution is -0.236. The second-order valence-corrected chi connectivity index (χ2v) is 14.4. The van der Waals surface area contributed by atoms with E-state index in [1.54, 1.807) is 0 Å². The Hall–Kier alpha value is -0.840. The molecule has 0 aliphatic heterocycles. The van der Waals surface area contributed by atoms with Crippen LogP contribution in [-0.4, -0.2) is 59.5 Å². The molecule has 0 saturated heterocycles. The van der Waals surface area contributed by atoms with Crippen LogP contribution < -0.4 is 5.32 Å². The quantitative estimate of drug-likeness (QED) is 0.369.